The molecule has 0 spiro atoms. The topological polar surface area (TPSA) is 176 Å². The molecule has 0 fully saturated rings. The van der Waals surface area contributed by atoms with E-state index in [0.29, 0.717) is 0 Å². The van der Waals surface area contributed by atoms with E-state index in [9.17, 15) is 9.59 Å². The van der Waals surface area contributed by atoms with Crippen LogP contribution in [0.3, 0.4) is 0 Å². The van der Waals surface area contributed by atoms with Gasteiger partial charge in [-0.2, -0.15) is 0 Å². The lowest BCUT2D eigenvalue weighted by Crippen LogP contribution is -2.21. The molecule has 0 saturated carbocycles. The second-order valence-corrected chi connectivity index (χ2v) is 3.27. The van der Waals surface area contributed by atoms with E-state index in [1.807, 2.05) is 0 Å². The highest BCUT2D eigenvalue weighted by Gasteiger charge is 2.00. The molecule has 0 aromatic heterocycles. The van der Waals surface area contributed by atoms with Crippen molar-refractivity contribution >= 4 is 19.6 Å². The van der Waals surface area contributed by atoms with Gasteiger partial charge in [0.25, 0.3) is 0 Å². The molecular formula is C4H12N3O6P. The molecule has 14 heavy (non-hydrogen) atoms. The zero-order valence-corrected chi connectivity index (χ0v) is 7.98. The highest BCUT2D eigenvalue weighted by Crippen LogP contribution is 2.20. The highest BCUT2D eigenvalue weighted by atomic mass is 31.2. The second kappa shape index (κ2) is 7.42. The van der Waals surface area contributed by atoms with E-state index in [0.717, 1.165) is 0 Å². The van der Waals surface area contributed by atoms with Crippen LogP contribution in [0.1, 0.15) is 12.8 Å². The van der Waals surface area contributed by atoms with Gasteiger partial charge in [0, 0.05) is 12.8 Å². The van der Waals surface area contributed by atoms with Gasteiger partial charge in [-0.15, -0.1) is 0 Å². The van der Waals surface area contributed by atoms with Gasteiger partial charge in [0.15, 0.2) is 0 Å². The molecular weight excluding hydrogens is 217 g/mol. The second-order valence-electron chi connectivity index (χ2n) is 2.09. The zero-order valence-electron chi connectivity index (χ0n) is 7.08. The summed E-state index contributed by atoms with van der Waals surface area (Å²) in [5.74, 6) is -1.16. The van der Waals surface area contributed by atoms with Crippen molar-refractivity contribution in [1.82, 2.24) is 5.48 Å². The molecule has 8 N–H and O–H groups in total. The van der Waals surface area contributed by atoms with Crippen molar-refractivity contribution in [1.29, 1.82) is 0 Å². The number of hydroxylamine groups is 1. The molecule has 0 unspecified atom stereocenters. The Hall–Kier alpha value is -0.990. The van der Waals surface area contributed by atoms with Crippen LogP contribution in [-0.2, 0) is 14.2 Å². The Morgan fingerprint density at radius 1 is 1.29 bits per heavy atom. The molecule has 84 valence electrons. The van der Waals surface area contributed by atoms with Crippen molar-refractivity contribution < 1.29 is 29.1 Å². The first-order valence-corrected chi connectivity index (χ1v) is 4.90. The fraction of sp³-hybridized carbons (Fsp3) is 0.500. The van der Waals surface area contributed by atoms with Crippen LogP contribution in [-0.4, -0.2) is 26.8 Å². The molecule has 0 aromatic rings. The number of amides is 2. The van der Waals surface area contributed by atoms with Crippen LogP contribution < -0.4 is 16.7 Å². The first kappa shape index (κ1) is 15.5. The Morgan fingerprint density at radius 3 is 1.86 bits per heavy atom. The van der Waals surface area contributed by atoms with Crippen LogP contribution >= 0.6 is 7.75 Å². The summed E-state index contributed by atoms with van der Waals surface area (Å²) in [6.07, 6.45) is -0.0990. The van der Waals surface area contributed by atoms with E-state index in [4.69, 9.17) is 25.3 Å². The molecule has 0 aliphatic heterocycles. The summed E-state index contributed by atoms with van der Waals surface area (Å²) in [7, 11) is -4.14. The maximum absolute atomic E-state index is 10.1. The Bertz CT molecular complexity index is 229. The van der Waals surface area contributed by atoms with Gasteiger partial charge in [-0.1, -0.05) is 0 Å². The van der Waals surface area contributed by atoms with Crippen LogP contribution in [0, 0.1) is 0 Å². The van der Waals surface area contributed by atoms with Gasteiger partial charge in [0.1, 0.15) is 0 Å². The van der Waals surface area contributed by atoms with Crippen LogP contribution in [0.5, 0.6) is 0 Å². The predicted octanol–water partition coefficient (Wildman–Crippen LogP) is -2.20. The van der Waals surface area contributed by atoms with Crippen molar-refractivity contribution in [2.45, 2.75) is 12.8 Å². The predicted molar refractivity (Wildman–Crippen MR) is 44.6 cm³/mol. The quantitative estimate of drug-likeness (QED) is 0.180. The monoisotopic (exact) mass is 229 g/mol. The molecule has 0 aliphatic rings. The average Bonchev–Trinajstić information content (AvgIpc) is 1.96. The Labute approximate surface area is 79.2 Å². The first-order valence-electron chi connectivity index (χ1n) is 3.22. The van der Waals surface area contributed by atoms with Crippen molar-refractivity contribution in [3.63, 3.8) is 0 Å². The fourth-order valence-electron chi connectivity index (χ4n) is 0.293. The Kier molecular flexibility index (Phi) is 8.20. The van der Waals surface area contributed by atoms with E-state index in [1.54, 1.807) is 0 Å². The number of nitrogens with two attached hydrogens (primary N) is 2. The van der Waals surface area contributed by atoms with E-state index in [1.165, 1.54) is 5.48 Å². The van der Waals surface area contributed by atoms with Crippen LogP contribution in [0.2, 0.25) is 0 Å². The average molecular weight is 229 g/mol. The maximum Gasteiger partial charge on any atom is 0.397 e. The summed E-state index contributed by atoms with van der Waals surface area (Å²) in [5, 5.41) is 7.90. The maximum atomic E-state index is 10.1. The van der Waals surface area contributed by atoms with Gasteiger partial charge < -0.3 is 15.5 Å². The van der Waals surface area contributed by atoms with Crippen LogP contribution in [0.15, 0.2) is 0 Å². The number of carbonyl (C=O) groups is 2. The number of primary amides is 1. The fourth-order valence-corrected chi connectivity index (χ4v) is 0.293. The van der Waals surface area contributed by atoms with Crippen molar-refractivity contribution in [3.05, 3.63) is 0 Å². The lowest BCUT2D eigenvalue weighted by molar-refractivity contribution is -0.131. The molecule has 0 rings (SSSR count). The van der Waals surface area contributed by atoms with Gasteiger partial charge in [-0.25, -0.2) is 15.5 Å². The number of nitrogens with one attached hydrogen (secondary N) is 1. The highest BCUT2D eigenvalue weighted by molar-refractivity contribution is 7.49. The number of hydrogen-bond donors (Lipinski definition) is 6. The summed E-state index contributed by atoms with van der Waals surface area (Å²) in [6, 6.07) is 0. The number of hydrogen-bond acceptors (Lipinski definition) is 4. The lowest BCUT2D eigenvalue weighted by Gasteiger charge is -1.92. The van der Waals surface area contributed by atoms with Gasteiger partial charge in [0.05, 0.1) is 0 Å². The summed E-state index contributed by atoms with van der Waals surface area (Å²) < 4.78 is 9.10. The van der Waals surface area contributed by atoms with Crippen molar-refractivity contribution in [3.8, 4) is 0 Å². The normalized spacial score (nSPS) is 9.71. The van der Waals surface area contributed by atoms with Gasteiger partial charge in [-0.05, 0) is 0 Å². The molecule has 0 aliphatic carbocycles. The van der Waals surface area contributed by atoms with E-state index >= 15 is 0 Å². The zero-order chi connectivity index (χ0) is 11.8. The first-order chi connectivity index (χ1) is 6.16. The van der Waals surface area contributed by atoms with Gasteiger partial charge in [0.2, 0.25) is 11.8 Å². The van der Waals surface area contributed by atoms with Crippen molar-refractivity contribution in [2.24, 2.45) is 11.2 Å². The largest absolute Gasteiger partial charge is 0.397 e. The smallest absolute Gasteiger partial charge is 0.370 e. The van der Waals surface area contributed by atoms with Gasteiger partial charge >= 0.3 is 7.75 Å². The minimum Gasteiger partial charge on any atom is -0.370 e. The summed E-state index contributed by atoms with van der Waals surface area (Å²) in [5.41, 5.74) is 10.1. The third kappa shape index (κ3) is 30.5. The molecule has 10 heteroatoms. The molecule has 9 nitrogen and oxygen atoms in total. The van der Waals surface area contributed by atoms with Crippen LogP contribution in [0.25, 0.3) is 0 Å². The third-order valence-electron chi connectivity index (χ3n) is 0.723. The molecule has 2 amide bonds. The Morgan fingerprint density at radius 2 is 1.64 bits per heavy atom. The summed E-state index contributed by atoms with van der Waals surface area (Å²) >= 11 is 0. The summed E-state index contributed by atoms with van der Waals surface area (Å²) in [6.45, 7) is 0. The van der Waals surface area contributed by atoms with E-state index in [2.05, 4.69) is 5.50 Å². The molecule has 0 heterocycles. The molecule has 0 bridgehead atoms. The Balaban J connectivity index is 0. The molecule has 0 saturated heterocycles. The van der Waals surface area contributed by atoms with Crippen molar-refractivity contribution in [2.75, 3.05) is 0 Å². The summed E-state index contributed by atoms with van der Waals surface area (Å²) in [4.78, 5) is 34.9. The minimum absolute atomic E-state index is 0.0353. The van der Waals surface area contributed by atoms with Crippen LogP contribution in [0.4, 0.5) is 0 Å². The lowest BCUT2D eigenvalue weighted by atomic mass is 10.3. The molecule has 0 aromatic carbocycles. The van der Waals surface area contributed by atoms with E-state index < -0.39 is 19.6 Å². The van der Waals surface area contributed by atoms with E-state index in [-0.39, 0.29) is 12.8 Å². The molecule has 0 radical (unpaired) electrons. The van der Waals surface area contributed by atoms with Gasteiger partial charge in [-0.3, -0.25) is 14.8 Å². The molecule has 0 atom stereocenters. The number of carbonyl (C=O) groups excluding carboxylic acids is 2. The standard InChI is InChI=1S/C4H8N2O3.H4NO3P/c5-3(7)1-2-4(8)6-9;1-5(2,3)4/h9H,1-2H2,(H2,5,7)(H,6,8);(H4,1,2,3,4). The SMILES string of the molecule is NC(=O)CCC(=O)NO.NP(=O)(O)O. The minimum atomic E-state index is -4.14. The number of rotatable bonds is 3. The third-order valence-corrected chi connectivity index (χ3v) is 0.723.